The normalized spacial score (nSPS) is 12.7. The minimum Gasteiger partial charge on any atom is -0.295 e. The highest BCUT2D eigenvalue weighted by molar-refractivity contribution is 7.02. The third-order valence-electron chi connectivity index (χ3n) is 11.7. The predicted molar refractivity (Wildman–Crippen MR) is 250 cm³/mol. The molecule has 0 saturated heterocycles. The smallest absolute Gasteiger partial charge is 0.163 e. The summed E-state index contributed by atoms with van der Waals surface area (Å²) in [5.41, 5.74) is 12.3. The van der Waals surface area contributed by atoms with Crippen LogP contribution in [0.25, 0.3) is 56.2 Å². The number of anilines is 3. The summed E-state index contributed by atoms with van der Waals surface area (Å²) in [6, 6.07) is 68.6. The molecule has 0 amide bonds. The second-order valence-corrected chi connectivity index (χ2v) is 20.1. The van der Waals surface area contributed by atoms with Crippen LogP contribution in [-0.2, 0) is 12.8 Å². The van der Waals surface area contributed by atoms with Gasteiger partial charge in [-0.05, 0) is 68.4 Å². The molecule has 0 unspecified atom stereocenters. The SMILES string of the molecule is C[Si]1(C)c2ccccc2N(c2ncc(-c3c(-c4ccccc4)cccc3-c3ccccc3)cc2CCc2nc(-c3ccccc3)nc(-c3ccccc3)n2)c2ccccc21. The summed E-state index contributed by atoms with van der Waals surface area (Å²) in [6.45, 7) is 4.92. The Hall–Kier alpha value is -7.28. The van der Waals surface area contributed by atoms with Gasteiger partial charge in [0.1, 0.15) is 19.7 Å². The van der Waals surface area contributed by atoms with Crippen molar-refractivity contribution in [1.82, 2.24) is 19.9 Å². The van der Waals surface area contributed by atoms with Gasteiger partial charge >= 0.3 is 0 Å². The van der Waals surface area contributed by atoms with E-state index in [9.17, 15) is 0 Å². The molecule has 1 aliphatic rings. The third kappa shape index (κ3) is 6.91. The van der Waals surface area contributed by atoms with E-state index in [2.05, 4.69) is 182 Å². The summed E-state index contributed by atoms with van der Waals surface area (Å²) in [4.78, 5) is 23.1. The van der Waals surface area contributed by atoms with Crippen LogP contribution < -0.4 is 15.3 Å². The topological polar surface area (TPSA) is 54.8 Å². The van der Waals surface area contributed by atoms with Crippen LogP contribution in [0.3, 0.4) is 0 Å². The van der Waals surface area contributed by atoms with Gasteiger partial charge in [-0.1, -0.05) is 189 Å². The van der Waals surface area contributed by atoms with Gasteiger partial charge in [0.25, 0.3) is 0 Å². The van der Waals surface area contributed by atoms with Gasteiger partial charge in [0, 0.05) is 40.7 Å². The Balaban J connectivity index is 1.18. The number of nitrogens with zero attached hydrogens (tertiary/aromatic N) is 5. The van der Waals surface area contributed by atoms with E-state index in [0.717, 1.165) is 61.7 Å². The molecule has 7 aromatic carbocycles. The lowest BCUT2D eigenvalue weighted by Gasteiger charge is -2.41. The van der Waals surface area contributed by atoms with Crippen LogP contribution in [0.15, 0.2) is 200 Å². The molecular formula is C54H43N5Si. The molecule has 60 heavy (non-hydrogen) atoms. The molecule has 0 saturated carbocycles. The molecule has 1 aliphatic heterocycles. The Morgan fingerprint density at radius 1 is 0.433 bits per heavy atom. The van der Waals surface area contributed by atoms with Gasteiger partial charge in [0.2, 0.25) is 0 Å². The summed E-state index contributed by atoms with van der Waals surface area (Å²) in [7, 11) is -2.02. The lowest BCUT2D eigenvalue weighted by Crippen LogP contribution is -2.58. The van der Waals surface area contributed by atoms with E-state index in [1.54, 1.807) is 0 Å². The zero-order valence-electron chi connectivity index (χ0n) is 33.7. The van der Waals surface area contributed by atoms with Gasteiger partial charge in [-0.3, -0.25) is 4.90 Å². The van der Waals surface area contributed by atoms with Crippen LogP contribution in [0.1, 0.15) is 11.4 Å². The molecule has 0 spiro atoms. The average molecular weight is 790 g/mol. The number of aryl methyl sites for hydroxylation is 2. The Labute approximate surface area is 352 Å². The second-order valence-electron chi connectivity index (χ2n) is 15.8. The molecule has 0 radical (unpaired) electrons. The second kappa shape index (κ2) is 15.8. The number of benzene rings is 7. The fourth-order valence-electron chi connectivity index (χ4n) is 8.71. The van der Waals surface area contributed by atoms with E-state index in [0.29, 0.717) is 24.5 Å². The lowest BCUT2D eigenvalue weighted by atomic mass is 9.87. The van der Waals surface area contributed by atoms with Crippen molar-refractivity contribution < 1.29 is 0 Å². The minimum atomic E-state index is -2.02. The monoisotopic (exact) mass is 789 g/mol. The van der Waals surface area contributed by atoms with Crippen LogP contribution >= 0.6 is 0 Å². The number of pyridine rings is 1. The number of hydrogen-bond donors (Lipinski definition) is 0. The molecule has 3 heterocycles. The maximum absolute atomic E-state index is 5.52. The lowest BCUT2D eigenvalue weighted by molar-refractivity contribution is 0.840. The van der Waals surface area contributed by atoms with Gasteiger partial charge in [-0.2, -0.15) is 0 Å². The molecule has 0 N–H and O–H groups in total. The maximum atomic E-state index is 5.52. The van der Waals surface area contributed by atoms with Gasteiger partial charge in [-0.25, -0.2) is 19.9 Å². The van der Waals surface area contributed by atoms with E-state index >= 15 is 0 Å². The van der Waals surface area contributed by atoms with Crippen molar-refractivity contribution in [1.29, 1.82) is 0 Å². The number of aromatic nitrogens is 4. The number of hydrogen-bond acceptors (Lipinski definition) is 5. The molecule has 9 aromatic rings. The van der Waals surface area contributed by atoms with Crippen molar-refractivity contribution in [2.24, 2.45) is 0 Å². The zero-order valence-corrected chi connectivity index (χ0v) is 34.7. The summed E-state index contributed by atoms with van der Waals surface area (Å²) in [5, 5.41) is 2.80. The van der Waals surface area contributed by atoms with E-state index in [4.69, 9.17) is 19.9 Å². The first-order chi connectivity index (χ1) is 29.5. The molecule has 5 nitrogen and oxygen atoms in total. The van der Waals surface area contributed by atoms with E-state index in [1.165, 1.54) is 21.7 Å². The van der Waals surface area contributed by atoms with Crippen molar-refractivity contribution in [3.63, 3.8) is 0 Å². The molecule has 6 heteroatoms. The Bertz CT molecular complexity index is 2790. The summed E-state index contributed by atoms with van der Waals surface area (Å²) in [6.07, 6.45) is 3.32. The first kappa shape index (κ1) is 37.0. The highest BCUT2D eigenvalue weighted by Gasteiger charge is 2.39. The highest BCUT2D eigenvalue weighted by atomic mass is 28.3. The molecule has 0 fully saturated rings. The highest BCUT2D eigenvalue weighted by Crippen LogP contribution is 2.44. The molecule has 10 rings (SSSR count). The van der Waals surface area contributed by atoms with E-state index in [-0.39, 0.29) is 0 Å². The van der Waals surface area contributed by atoms with Gasteiger partial charge in [0.05, 0.1) is 0 Å². The number of rotatable bonds is 9. The van der Waals surface area contributed by atoms with Gasteiger partial charge in [-0.15, -0.1) is 0 Å². The summed E-state index contributed by atoms with van der Waals surface area (Å²) >= 11 is 0. The Morgan fingerprint density at radius 3 is 1.38 bits per heavy atom. The maximum Gasteiger partial charge on any atom is 0.163 e. The average Bonchev–Trinajstić information content (AvgIpc) is 3.32. The van der Waals surface area contributed by atoms with E-state index in [1.807, 2.05) is 36.4 Å². The fourth-order valence-corrected chi connectivity index (χ4v) is 11.7. The standard InChI is InChI=1S/C54H43N5Si/c1-60(2)48-32-17-15-30-46(48)59(47-31-16-18-33-49(47)60)54-42(34-35-50-56-52(40-24-11-5-12-25-40)58-53(57-50)41-26-13-6-14-27-41)36-43(37-55-54)51-44(38-20-7-3-8-21-38)28-19-29-45(51)39-22-9-4-10-23-39/h3-33,36-37H,34-35H2,1-2H3. The predicted octanol–water partition coefficient (Wildman–Crippen LogP) is 12.0. The fraction of sp³-hybridized carbons (Fsp3) is 0.0741. The van der Waals surface area contributed by atoms with Crippen LogP contribution in [0, 0.1) is 0 Å². The van der Waals surface area contributed by atoms with E-state index < -0.39 is 8.07 Å². The Morgan fingerprint density at radius 2 is 0.883 bits per heavy atom. The van der Waals surface area contributed by atoms with Crippen molar-refractivity contribution in [3.8, 4) is 56.2 Å². The molecule has 0 atom stereocenters. The molecule has 0 aliphatic carbocycles. The molecular weight excluding hydrogens is 747 g/mol. The molecule has 0 bridgehead atoms. The largest absolute Gasteiger partial charge is 0.295 e. The first-order valence-electron chi connectivity index (χ1n) is 20.6. The van der Waals surface area contributed by atoms with Crippen molar-refractivity contribution in [2.75, 3.05) is 4.90 Å². The van der Waals surface area contributed by atoms with Gasteiger partial charge < -0.3 is 0 Å². The van der Waals surface area contributed by atoms with Crippen molar-refractivity contribution in [3.05, 3.63) is 212 Å². The van der Waals surface area contributed by atoms with Crippen molar-refractivity contribution >= 4 is 35.6 Å². The van der Waals surface area contributed by atoms with Crippen LogP contribution in [0.4, 0.5) is 17.2 Å². The van der Waals surface area contributed by atoms with Crippen molar-refractivity contribution in [2.45, 2.75) is 25.9 Å². The number of fused-ring (bicyclic) bond motifs is 2. The third-order valence-corrected chi connectivity index (χ3v) is 15.2. The van der Waals surface area contributed by atoms with Crippen LogP contribution in [-0.4, -0.2) is 28.0 Å². The van der Waals surface area contributed by atoms with Crippen LogP contribution in [0.2, 0.25) is 13.1 Å². The number of para-hydroxylation sites is 2. The van der Waals surface area contributed by atoms with Gasteiger partial charge in [0.15, 0.2) is 11.6 Å². The summed E-state index contributed by atoms with van der Waals surface area (Å²) in [5.74, 6) is 2.99. The molecule has 288 valence electrons. The van der Waals surface area contributed by atoms with Crippen LogP contribution in [0.5, 0.6) is 0 Å². The summed E-state index contributed by atoms with van der Waals surface area (Å²) < 4.78 is 0. The Kier molecular flexibility index (Phi) is 9.76. The minimum absolute atomic E-state index is 0.587. The first-order valence-corrected chi connectivity index (χ1v) is 23.6. The zero-order chi connectivity index (χ0) is 40.5. The quantitative estimate of drug-likeness (QED) is 0.136. The molecule has 2 aromatic heterocycles.